The zero-order valence-electron chi connectivity index (χ0n) is 8.83. The minimum Gasteiger partial charge on any atom is -0.354 e. The van der Waals surface area contributed by atoms with Crippen LogP contribution < -0.4 is 0 Å². The Morgan fingerprint density at radius 3 is 2.73 bits per heavy atom. The largest absolute Gasteiger partial charge is 0.354 e. The van der Waals surface area contributed by atoms with Gasteiger partial charge in [0.15, 0.2) is 0 Å². The molecule has 80 valence electrons. The molecule has 1 heterocycles. The first-order valence-electron chi connectivity index (χ1n) is 5.28. The minimum absolute atomic E-state index is 0.216. The number of amidine groups is 1. The predicted octanol–water partition coefficient (Wildman–Crippen LogP) is 3.47. The van der Waals surface area contributed by atoms with Gasteiger partial charge in [-0.05, 0) is 25.0 Å². The van der Waals surface area contributed by atoms with Crippen LogP contribution >= 0.6 is 11.6 Å². The molecule has 1 aliphatic heterocycles. The zero-order chi connectivity index (χ0) is 10.8. The van der Waals surface area contributed by atoms with E-state index in [1.165, 1.54) is 0 Å². The highest BCUT2D eigenvalue weighted by Gasteiger charge is 2.24. The molecule has 0 amide bonds. The number of rotatable bonds is 2. The van der Waals surface area contributed by atoms with Gasteiger partial charge in [0.25, 0.3) is 0 Å². The number of nitrogens with zero attached hydrogens (tertiary/aromatic N) is 1. The second-order valence-corrected chi connectivity index (χ2v) is 4.35. The molecule has 0 saturated carbocycles. The molecule has 1 N–H and O–H groups in total. The summed E-state index contributed by atoms with van der Waals surface area (Å²) >= 11 is 6.15. The van der Waals surface area contributed by atoms with Crippen LogP contribution in [-0.2, 0) is 0 Å². The Kier molecular flexibility index (Phi) is 2.96. The fraction of sp³-hybridized carbons (Fsp3) is 0.417. The van der Waals surface area contributed by atoms with Crippen molar-refractivity contribution >= 4 is 17.4 Å². The third-order valence-corrected chi connectivity index (χ3v) is 3.33. The summed E-state index contributed by atoms with van der Waals surface area (Å²) < 4.78 is 0. The highest BCUT2D eigenvalue weighted by atomic mass is 35.5. The van der Waals surface area contributed by atoms with Crippen molar-refractivity contribution in [1.29, 1.82) is 5.41 Å². The summed E-state index contributed by atoms with van der Waals surface area (Å²) in [5.41, 5.74) is 1.12. The third-order valence-electron chi connectivity index (χ3n) is 2.98. The summed E-state index contributed by atoms with van der Waals surface area (Å²) in [6, 6.07) is 8.10. The molecule has 1 aromatic carbocycles. The summed E-state index contributed by atoms with van der Waals surface area (Å²) in [4.78, 5) is 2.13. The number of nitrogens with one attached hydrogen (secondary N) is 1. The first-order valence-corrected chi connectivity index (χ1v) is 5.66. The molecule has 1 fully saturated rings. The summed E-state index contributed by atoms with van der Waals surface area (Å²) in [6.45, 7) is 3.09. The second kappa shape index (κ2) is 4.23. The van der Waals surface area contributed by atoms with E-state index in [9.17, 15) is 0 Å². The lowest BCUT2D eigenvalue weighted by Gasteiger charge is -2.27. The van der Waals surface area contributed by atoms with Gasteiger partial charge in [-0.15, -0.1) is 0 Å². The molecule has 0 spiro atoms. The molecule has 1 unspecified atom stereocenters. The lowest BCUT2D eigenvalue weighted by Crippen LogP contribution is -2.27. The molecule has 1 atom stereocenters. The van der Waals surface area contributed by atoms with E-state index < -0.39 is 0 Å². The molecule has 0 radical (unpaired) electrons. The van der Waals surface area contributed by atoms with Gasteiger partial charge < -0.3 is 4.90 Å². The van der Waals surface area contributed by atoms with E-state index in [2.05, 4.69) is 11.8 Å². The van der Waals surface area contributed by atoms with Crippen LogP contribution in [0, 0.1) is 5.41 Å². The lowest BCUT2D eigenvalue weighted by molar-refractivity contribution is 0.362. The lowest BCUT2D eigenvalue weighted by atomic mass is 10.1. The summed E-state index contributed by atoms with van der Waals surface area (Å²) in [6.07, 6.45) is 1.99. The van der Waals surface area contributed by atoms with Gasteiger partial charge in [-0.2, -0.15) is 0 Å². The average molecular weight is 223 g/mol. The van der Waals surface area contributed by atoms with Gasteiger partial charge in [-0.1, -0.05) is 29.8 Å². The zero-order valence-corrected chi connectivity index (χ0v) is 9.59. The molecule has 2 rings (SSSR count). The van der Waals surface area contributed by atoms with Crippen molar-refractivity contribution in [3.8, 4) is 0 Å². The SMILES string of the molecule is CC(c1ccccc1Cl)N1CCCC1=N. The van der Waals surface area contributed by atoms with Crippen LogP contribution in [-0.4, -0.2) is 17.3 Å². The molecular weight excluding hydrogens is 208 g/mol. The molecule has 15 heavy (non-hydrogen) atoms. The Balaban J connectivity index is 2.24. The molecule has 0 aliphatic carbocycles. The predicted molar refractivity (Wildman–Crippen MR) is 63.5 cm³/mol. The number of hydrogen-bond acceptors (Lipinski definition) is 1. The number of benzene rings is 1. The van der Waals surface area contributed by atoms with Gasteiger partial charge in [0.1, 0.15) is 0 Å². The van der Waals surface area contributed by atoms with Crippen molar-refractivity contribution in [2.24, 2.45) is 0 Å². The molecule has 0 bridgehead atoms. The second-order valence-electron chi connectivity index (χ2n) is 3.94. The van der Waals surface area contributed by atoms with Crippen LogP contribution in [0.2, 0.25) is 5.02 Å². The van der Waals surface area contributed by atoms with E-state index in [0.29, 0.717) is 0 Å². The average Bonchev–Trinajstić information content (AvgIpc) is 2.64. The van der Waals surface area contributed by atoms with Crippen LogP contribution in [0.1, 0.15) is 31.4 Å². The van der Waals surface area contributed by atoms with Crippen LogP contribution in [0.25, 0.3) is 0 Å². The van der Waals surface area contributed by atoms with Crippen molar-refractivity contribution in [3.63, 3.8) is 0 Å². The highest BCUT2D eigenvalue weighted by molar-refractivity contribution is 6.31. The molecule has 0 aromatic heterocycles. The third kappa shape index (κ3) is 2.00. The maximum absolute atomic E-state index is 7.84. The van der Waals surface area contributed by atoms with E-state index in [-0.39, 0.29) is 6.04 Å². The fourth-order valence-electron chi connectivity index (χ4n) is 2.10. The summed E-state index contributed by atoms with van der Waals surface area (Å²) in [5.74, 6) is 0.738. The summed E-state index contributed by atoms with van der Waals surface area (Å²) in [7, 11) is 0. The molecule has 1 aliphatic rings. The molecule has 2 nitrogen and oxygen atoms in total. The molecule has 1 aromatic rings. The van der Waals surface area contributed by atoms with Gasteiger partial charge in [-0.25, -0.2) is 0 Å². The number of likely N-dealkylation sites (tertiary alicyclic amines) is 1. The van der Waals surface area contributed by atoms with E-state index in [4.69, 9.17) is 17.0 Å². The van der Waals surface area contributed by atoms with Crippen LogP contribution in [0.4, 0.5) is 0 Å². The van der Waals surface area contributed by atoms with Crippen molar-refractivity contribution in [1.82, 2.24) is 4.90 Å². The topological polar surface area (TPSA) is 27.1 Å². The van der Waals surface area contributed by atoms with Crippen molar-refractivity contribution < 1.29 is 0 Å². The number of hydrogen-bond donors (Lipinski definition) is 1. The van der Waals surface area contributed by atoms with Gasteiger partial charge >= 0.3 is 0 Å². The molecule has 3 heteroatoms. The first kappa shape index (κ1) is 10.5. The first-order chi connectivity index (χ1) is 7.20. The van der Waals surface area contributed by atoms with Gasteiger partial charge in [-0.3, -0.25) is 5.41 Å². The van der Waals surface area contributed by atoms with Gasteiger partial charge in [0.2, 0.25) is 0 Å². The van der Waals surface area contributed by atoms with Crippen molar-refractivity contribution in [2.75, 3.05) is 6.54 Å². The van der Waals surface area contributed by atoms with Crippen LogP contribution in [0.3, 0.4) is 0 Å². The van der Waals surface area contributed by atoms with Crippen LogP contribution in [0.5, 0.6) is 0 Å². The normalized spacial score (nSPS) is 18.3. The Bertz CT molecular complexity index is 376. The maximum atomic E-state index is 7.84. The summed E-state index contributed by atoms with van der Waals surface area (Å²) in [5, 5.41) is 8.63. The van der Waals surface area contributed by atoms with Crippen LogP contribution in [0.15, 0.2) is 24.3 Å². The Morgan fingerprint density at radius 2 is 2.13 bits per heavy atom. The Hall–Kier alpha value is -1.02. The van der Waals surface area contributed by atoms with E-state index in [0.717, 1.165) is 35.8 Å². The van der Waals surface area contributed by atoms with E-state index >= 15 is 0 Å². The maximum Gasteiger partial charge on any atom is 0.0963 e. The van der Waals surface area contributed by atoms with Crippen molar-refractivity contribution in [2.45, 2.75) is 25.8 Å². The quantitative estimate of drug-likeness (QED) is 0.815. The standard InChI is InChI=1S/C12H15ClN2/c1-9(15-8-4-7-12(15)14)10-5-2-3-6-11(10)13/h2-3,5-6,9,14H,4,7-8H2,1H3. The van der Waals surface area contributed by atoms with Gasteiger partial charge in [0.05, 0.1) is 11.9 Å². The Morgan fingerprint density at radius 1 is 1.40 bits per heavy atom. The monoisotopic (exact) mass is 222 g/mol. The fourth-order valence-corrected chi connectivity index (χ4v) is 2.40. The molecular formula is C12H15ClN2. The van der Waals surface area contributed by atoms with Crippen molar-refractivity contribution in [3.05, 3.63) is 34.9 Å². The Labute approximate surface area is 95.4 Å². The van der Waals surface area contributed by atoms with E-state index in [1.807, 2.05) is 24.3 Å². The smallest absolute Gasteiger partial charge is 0.0963 e. The number of halogens is 1. The highest BCUT2D eigenvalue weighted by Crippen LogP contribution is 2.29. The minimum atomic E-state index is 0.216. The van der Waals surface area contributed by atoms with E-state index in [1.54, 1.807) is 0 Å². The molecule has 1 saturated heterocycles. The van der Waals surface area contributed by atoms with Gasteiger partial charge in [0, 0.05) is 18.0 Å².